The number of benzene rings is 1. The molecule has 0 amide bonds. The molecule has 1 aromatic rings. The lowest BCUT2D eigenvalue weighted by atomic mass is 9.44. The highest BCUT2D eigenvalue weighted by Gasteiger charge is 2.80. The minimum atomic E-state index is -2.32. The monoisotopic (exact) mass is 726 g/mol. The maximum atomic E-state index is 14.4. The van der Waals surface area contributed by atoms with Crippen molar-refractivity contribution in [2.75, 3.05) is 6.61 Å². The van der Waals surface area contributed by atoms with Crippen molar-refractivity contribution in [2.24, 2.45) is 22.7 Å². The molecule has 2 saturated heterocycles. The topological polar surface area (TPSA) is 130 Å². The SMILES string of the molecule is CC[Si](CC)(CC)O[C@H]1C[C@H]2OC[C@@]2(OC(=O)C2CC2)[C@H]2[C@H](OC(=O)c3ccccc3)[C@]3(O)C[C@H](O)C(C)=C([C@H]4OC(C)(C)O[C@H]4[C@]12C)C3(C)C. The van der Waals surface area contributed by atoms with Crippen LogP contribution in [0.5, 0.6) is 0 Å². The quantitative estimate of drug-likeness (QED) is 0.175. The van der Waals surface area contributed by atoms with E-state index < -0.39 is 84.6 Å². The standard InChI is InChI=1S/C40H58O10Si/c1-10-51(11-2,12-3)50-27-20-28-39(22-45-28,49-35(43)25-18-19-25)31-33(46-34(42)24-16-14-13-15-17-24)40(44)21-26(41)23(4)29(36(40,5)6)30-32(38(27,31)9)48-37(7,8)47-30/h13-17,25-28,30-33,41,44H,10-12,18-22H2,1-9H3/t26-,27-,28+,30+,31-,32+,33-,38+,39-,40+/m0/s1. The van der Waals surface area contributed by atoms with Crippen LogP contribution in [0.15, 0.2) is 41.5 Å². The van der Waals surface area contributed by atoms with Gasteiger partial charge in [-0.2, -0.15) is 0 Å². The van der Waals surface area contributed by atoms with Crippen molar-refractivity contribution in [3.63, 3.8) is 0 Å². The molecule has 2 aliphatic heterocycles. The molecule has 7 rings (SSSR count). The molecule has 6 aliphatic rings. The van der Waals surface area contributed by atoms with E-state index in [1.807, 2.05) is 40.7 Å². The first-order valence-electron chi connectivity index (χ1n) is 19.2. The largest absolute Gasteiger partial charge is 0.455 e. The highest BCUT2D eigenvalue weighted by molar-refractivity contribution is 6.73. The number of hydrogen-bond acceptors (Lipinski definition) is 10. The van der Waals surface area contributed by atoms with E-state index in [0.29, 0.717) is 17.6 Å². The smallest absolute Gasteiger partial charge is 0.338 e. The van der Waals surface area contributed by atoms with Crippen LogP contribution in [0.3, 0.4) is 0 Å². The zero-order chi connectivity index (χ0) is 36.9. The van der Waals surface area contributed by atoms with Gasteiger partial charge >= 0.3 is 11.9 Å². The van der Waals surface area contributed by atoms with Crippen molar-refractivity contribution in [3.05, 3.63) is 47.0 Å². The van der Waals surface area contributed by atoms with Gasteiger partial charge in [-0.1, -0.05) is 59.7 Å². The summed E-state index contributed by atoms with van der Waals surface area (Å²) in [6.45, 7) is 18.3. The minimum Gasteiger partial charge on any atom is -0.455 e. The zero-order valence-electron chi connectivity index (χ0n) is 31.8. The van der Waals surface area contributed by atoms with E-state index in [2.05, 4.69) is 27.7 Å². The van der Waals surface area contributed by atoms with E-state index in [9.17, 15) is 19.8 Å². The predicted octanol–water partition coefficient (Wildman–Crippen LogP) is 6.09. The molecular formula is C40H58O10Si. The number of fused-ring (bicyclic) bond motifs is 8. The van der Waals surface area contributed by atoms with Gasteiger partial charge in [0, 0.05) is 23.7 Å². The van der Waals surface area contributed by atoms with E-state index >= 15 is 0 Å². The summed E-state index contributed by atoms with van der Waals surface area (Å²) >= 11 is 0. The third kappa shape index (κ3) is 5.46. The highest BCUT2D eigenvalue weighted by Crippen LogP contribution is 2.68. The van der Waals surface area contributed by atoms with Crippen LogP contribution in [-0.2, 0) is 32.9 Å². The maximum Gasteiger partial charge on any atom is 0.338 e. The molecule has 4 aliphatic carbocycles. The summed E-state index contributed by atoms with van der Waals surface area (Å²) in [5.74, 6) is -3.02. The van der Waals surface area contributed by atoms with Crippen molar-refractivity contribution in [1.29, 1.82) is 0 Å². The fourth-order valence-electron chi connectivity index (χ4n) is 10.6. The molecule has 2 heterocycles. The predicted molar refractivity (Wildman–Crippen MR) is 191 cm³/mol. The Hall–Kier alpha value is -2.12. The highest BCUT2D eigenvalue weighted by atomic mass is 28.4. The fraction of sp³-hybridized carbons (Fsp3) is 0.750. The molecule has 0 radical (unpaired) electrons. The Labute approximate surface area is 303 Å². The van der Waals surface area contributed by atoms with Crippen molar-refractivity contribution >= 4 is 20.3 Å². The normalized spacial score (nSPS) is 40.9. The van der Waals surface area contributed by atoms with Crippen LogP contribution in [-0.4, -0.2) is 90.7 Å². The second-order valence-electron chi connectivity index (χ2n) is 17.4. The number of hydrogen-bond donors (Lipinski definition) is 2. The van der Waals surface area contributed by atoms with Crippen LogP contribution < -0.4 is 0 Å². The Morgan fingerprint density at radius 3 is 2.20 bits per heavy atom. The van der Waals surface area contributed by atoms with E-state index in [-0.39, 0.29) is 24.9 Å². The van der Waals surface area contributed by atoms with Crippen LogP contribution in [0.25, 0.3) is 0 Å². The molecule has 282 valence electrons. The molecule has 2 N–H and O–H groups in total. The molecule has 10 nitrogen and oxygen atoms in total. The second kappa shape index (κ2) is 12.5. The summed E-state index contributed by atoms with van der Waals surface area (Å²) in [5, 5.41) is 25.4. The summed E-state index contributed by atoms with van der Waals surface area (Å²) in [6, 6.07) is 11.5. The van der Waals surface area contributed by atoms with Crippen molar-refractivity contribution in [2.45, 2.75) is 160 Å². The van der Waals surface area contributed by atoms with Crippen LogP contribution in [0.4, 0.5) is 0 Å². The van der Waals surface area contributed by atoms with Crippen molar-refractivity contribution in [3.8, 4) is 0 Å². The Kier molecular flexibility index (Phi) is 9.09. The fourth-order valence-corrected chi connectivity index (χ4v) is 13.5. The molecule has 0 unspecified atom stereocenters. The Morgan fingerprint density at radius 2 is 1.63 bits per heavy atom. The molecule has 3 saturated carbocycles. The number of rotatable bonds is 9. The average Bonchev–Trinajstić information content (AvgIpc) is 3.89. The van der Waals surface area contributed by atoms with Crippen LogP contribution in [0, 0.1) is 22.7 Å². The molecule has 5 fully saturated rings. The average molecular weight is 727 g/mol. The third-order valence-electron chi connectivity index (χ3n) is 14.1. The van der Waals surface area contributed by atoms with Gasteiger partial charge in [-0.3, -0.25) is 4.79 Å². The summed E-state index contributed by atoms with van der Waals surface area (Å²) in [7, 11) is -2.32. The van der Waals surface area contributed by atoms with E-state index in [0.717, 1.165) is 36.5 Å². The molecule has 0 spiro atoms. The van der Waals surface area contributed by atoms with Gasteiger partial charge in [0.25, 0.3) is 0 Å². The van der Waals surface area contributed by atoms with Crippen LogP contribution >= 0.6 is 0 Å². The van der Waals surface area contributed by atoms with Gasteiger partial charge in [-0.25, -0.2) is 4.79 Å². The van der Waals surface area contributed by atoms with E-state index in [1.165, 1.54) is 0 Å². The number of carbonyl (C=O) groups is 2. The first kappa shape index (κ1) is 37.2. The number of aliphatic hydroxyl groups is 2. The lowest BCUT2D eigenvalue weighted by Gasteiger charge is -2.69. The zero-order valence-corrected chi connectivity index (χ0v) is 32.8. The number of esters is 2. The first-order chi connectivity index (χ1) is 23.9. The van der Waals surface area contributed by atoms with Crippen molar-refractivity contribution < 1.29 is 47.9 Å². The van der Waals surface area contributed by atoms with E-state index in [4.69, 9.17) is 28.1 Å². The summed E-state index contributed by atoms with van der Waals surface area (Å²) in [6.07, 6.45) is -2.90. The summed E-state index contributed by atoms with van der Waals surface area (Å²) in [5.41, 5.74) is -3.46. The first-order valence-corrected chi connectivity index (χ1v) is 21.7. The molecule has 0 aromatic heterocycles. The second-order valence-corrected chi connectivity index (χ2v) is 22.1. The lowest BCUT2D eigenvalue weighted by Crippen LogP contribution is -2.82. The minimum absolute atomic E-state index is 0.0722. The number of carbonyl (C=O) groups excluding carboxylic acids is 2. The lowest BCUT2D eigenvalue weighted by molar-refractivity contribution is -0.362. The number of aliphatic hydroxyl groups excluding tert-OH is 1. The number of ether oxygens (including phenoxy) is 5. The Morgan fingerprint density at radius 1 is 0.980 bits per heavy atom. The Balaban J connectivity index is 1.53. The molecular weight excluding hydrogens is 669 g/mol. The van der Waals surface area contributed by atoms with Crippen molar-refractivity contribution in [1.82, 2.24) is 0 Å². The summed E-state index contributed by atoms with van der Waals surface area (Å²) in [4.78, 5) is 28.2. The van der Waals surface area contributed by atoms with Crippen LogP contribution in [0.2, 0.25) is 18.1 Å². The van der Waals surface area contributed by atoms with E-state index in [1.54, 1.807) is 24.3 Å². The van der Waals surface area contributed by atoms with Gasteiger partial charge in [0.2, 0.25) is 0 Å². The molecule has 51 heavy (non-hydrogen) atoms. The molecule has 2 bridgehead atoms. The van der Waals surface area contributed by atoms with Gasteiger partial charge in [0.1, 0.15) is 23.9 Å². The molecule has 10 atom stereocenters. The van der Waals surface area contributed by atoms with Gasteiger partial charge < -0.3 is 38.3 Å². The van der Waals surface area contributed by atoms with Gasteiger partial charge in [0.15, 0.2) is 19.7 Å². The molecule has 1 aromatic carbocycles. The summed E-state index contributed by atoms with van der Waals surface area (Å²) < 4.78 is 41.3. The van der Waals surface area contributed by atoms with Crippen LogP contribution in [0.1, 0.15) is 98.4 Å². The maximum absolute atomic E-state index is 14.4. The van der Waals surface area contributed by atoms with Gasteiger partial charge in [-0.15, -0.1) is 0 Å². The van der Waals surface area contributed by atoms with Gasteiger partial charge in [-0.05, 0) is 75.0 Å². The molecule has 11 heteroatoms. The Bertz CT molecular complexity index is 1560. The third-order valence-corrected chi connectivity index (χ3v) is 18.7. The van der Waals surface area contributed by atoms with Gasteiger partial charge in [0.05, 0.1) is 42.3 Å².